The largest absolute Gasteiger partial charge is 0.496 e. The van der Waals surface area contributed by atoms with Gasteiger partial charge in [0.1, 0.15) is 10.8 Å². The summed E-state index contributed by atoms with van der Waals surface area (Å²) < 4.78 is 5.43. The van der Waals surface area contributed by atoms with Crippen molar-refractivity contribution < 1.29 is 9.53 Å². The van der Waals surface area contributed by atoms with E-state index < -0.39 is 0 Å². The van der Waals surface area contributed by atoms with Crippen LogP contribution in [0.3, 0.4) is 0 Å². The van der Waals surface area contributed by atoms with Gasteiger partial charge in [-0.1, -0.05) is 23.5 Å². The molecule has 3 heterocycles. The number of likely N-dealkylation sites (tertiary alicyclic amines) is 1. The van der Waals surface area contributed by atoms with Crippen molar-refractivity contribution in [2.75, 3.05) is 20.2 Å². The summed E-state index contributed by atoms with van der Waals surface area (Å²) in [7, 11) is 1.67. The maximum atomic E-state index is 12.6. The molecule has 0 atom stereocenters. The predicted molar refractivity (Wildman–Crippen MR) is 109 cm³/mol. The Morgan fingerprint density at radius 3 is 2.70 bits per heavy atom. The van der Waals surface area contributed by atoms with E-state index in [0.717, 1.165) is 57.7 Å². The zero-order chi connectivity index (χ0) is 18.8. The molecule has 0 bridgehead atoms. The highest BCUT2D eigenvalue weighted by atomic mass is 32.1. The van der Waals surface area contributed by atoms with Crippen molar-refractivity contribution in [3.05, 3.63) is 51.2 Å². The predicted octanol–water partition coefficient (Wildman–Crippen LogP) is 4.60. The molecule has 1 fully saturated rings. The van der Waals surface area contributed by atoms with Crippen molar-refractivity contribution >= 4 is 28.6 Å². The van der Waals surface area contributed by atoms with Crippen LogP contribution in [0.1, 0.15) is 39.0 Å². The molecule has 3 aromatic rings. The molecule has 0 aliphatic carbocycles. The Kier molecular flexibility index (Phi) is 5.22. The van der Waals surface area contributed by atoms with Crippen LogP contribution in [0.2, 0.25) is 0 Å². The minimum absolute atomic E-state index is 0.151. The minimum atomic E-state index is 0.151. The summed E-state index contributed by atoms with van der Waals surface area (Å²) in [5.74, 6) is 1.32. The quantitative estimate of drug-likeness (QED) is 0.643. The Balaban J connectivity index is 1.43. The van der Waals surface area contributed by atoms with Gasteiger partial charge in [-0.15, -0.1) is 21.5 Å². The normalized spacial score (nSPS) is 15.1. The van der Waals surface area contributed by atoms with Crippen molar-refractivity contribution in [1.82, 2.24) is 15.1 Å². The number of carbonyl (C=O) groups is 1. The third-order valence-electron chi connectivity index (χ3n) is 4.85. The fraction of sp³-hybridized carbons (Fsp3) is 0.350. The van der Waals surface area contributed by atoms with Crippen LogP contribution >= 0.6 is 22.7 Å². The number of benzene rings is 1. The van der Waals surface area contributed by atoms with Crippen LogP contribution in [0.4, 0.5) is 0 Å². The van der Waals surface area contributed by atoms with E-state index in [1.165, 1.54) is 11.3 Å². The molecular formula is C20H21N3O2S2. The number of rotatable bonds is 4. The van der Waals surface area contributed by atoms with Gasteiger partial charge in [0, 0.05) is 19.0 Å². The van der Waals surface area contributed by atoms with Crippen LogP contribution in [-0.2, 0) is 0 Å². The van der Waals surface area contributed by atoms with Crippen LogP contribution in [0.5, 0.6) is 5.75 Å². The van der Waals surface area contributed by atoms with E-state index in [0.29, 0.717) is 5.92 Å². The van der Waals surface area contributed by atoms with Gasteiger partial charge in [0.05, 0.1) is 17.6 Å². The second-order valence-corrected chi connectivity index (χ2v) is 8.62. The lowest BCUT2D eigenvalue weighted by molar-refractivity contribution is 0.0717. The number of aromatic nitrogens is 2. The van der Waals surface area contributed by atoms with Gasteiger partial charge in [0.25, 0.3) is 5.91 Å². The number of hydrogen-bond donors (Lipinski definition) is 0. The molecule has 0 saturated carbocycles. The van der Waals surface area contributed by atoms with Crippen LogP contribution in [0.25, 0.3) is 10.6 Å². The molecule has 1 aromatic carbocycles. The molecule has 0 spiro atoms. The summed E-state index contributed by atoms with van der Waals surface area (Å²) in [4.78, 5) is 15.4. The summed E-state index contributed by atoms with van der Waals surface area (Å²) >= 11 is 3.16. The smallest absolute Gasteiger partial charge is 0.263 e. The highest BCUT2D eigenvalue weighted by molar-refractivity contribution is 7.14. The number of nitrogens with zero attached hydrogens (tertiary/aromatic N) is 3. The Hall–Kier alpha value is -2.25. The van der Waals surface area contributed by atoms with Crippen LogP contribution < -0.4 is 4.74 Å². The molecular weight excluding hydrogens is 378 g/mol. The standard InChI is InChI=1S/C20H21N3O2S2/c1-13-11-17(26-12-13)20(24)23-9-7-14(8-10-23)18-21-22-19(27-18)15-5-3-4-6-16(15)25-2/h3-6,11-12,14H,7-10H2,1-2H3. The number of aryl methyl sites for hydroxylation is 1. The van der Waals surface area contributed by atoms with E-state index >= 15 is 0 Å². The van der Waals surface area contributed by atoms with Gasteiger partial charge in [-0.2, -0.15) is 0 Å². The lowest BCUT2D eigenvalue weighted by Crippen LogP contribution is -2.37. The van der Waals surface area contributed by atoms with Gasteiger partial charge in [-0.05, 0) is 48.9 Å². The summed E-state index contributed by atoms with van der Waals surface area (Å²) in [5, 5.41) is 12.8. The van der Waals surface area contributed by atoms with Gasteiger partial charge in [0.15, 0.2) is 5.01 Å². The Bertz CT molecular complexity index is 942. The number of ether oxygens (including phenoxy) is 1. The van der Waals surface area contributed by atoms with Gasteiger partial charge in [-0.3, -0.25) is 4.79 Å². The molecule has 0 N–H and O–H groups in total. The summed E-state index contributed by atoms with van der Waals surface area (Å²) in [5.41, 5.74) is 2.13. The molecule has 1 aliphatic rings. The van der Waals surface area contributed by atoms with Crippen LogP contribution in [0, 0.1) is 6.92 Å². The molecule has 1 amide bonds. The summed E-state index contributed by atoms with van der Waals surface area (Å²) in [6.45, 7) is 3.56. The lowest BCUT2D eigenvalue weighted by Gasteiger charge is -2.30. The number of para-hydroxylation sites is 1. The molecule has 0 radical (unpaired) electrons. The fourth-order valence-electron chi connectivity index (χ4n) is 3.36. The first-order valence-corrected chi connectivity index (χ1v) is 10.7. The maximum absolute atomic E-state index is 12.6. The Morgan fingerprint density at radius 2 is 2.00 bits per heavy atom. The number of amides is 1. The first-order chi connectivity index (χ1) is 13.2. The van der Waals surface area contributed by atoms with Crippen molar-refractivity contribution in [1.29, 1.82) is 0 Å². The van der Waals surface area contributed by atoms with Crippen molar-refractivity contribution in [3.8, 4) is 16.3 Å². The number of hydrogen-bond acceptors (Lipinski definition) is 6. The van der Waals surface area contributed by atoms with E-state index in [9.17, 15) is 4.79 Å². The third-order valence-corrected chi connectivity index (χ3v) is 7.01. The minimum Gasteiger partial charge on any atom is -0.496 e. The SMILES string of the molecule is COc1ccccc1-c1nnc(C2CCN(C(=O)c3cc(C)cs3)CC2)s1. The molecule has 27 heavy (non-hydrogen) atoms. The highest BCUT2D eigenvalue weighted by Crippen LogP contribution is 2.36. The zero-order valence-electron chi connectivity index (χ0n) is 15.3. The average molecular weight is 400 g/mol. The Morgan fingerprint density at radius 1 is 1.22 bits per heavy atom. The molecule has 5 nitrogen and oxygen atoms in total. The fourth-order valence-corrected chi connectivity index (χ4v) is 5.27. The number of piperidine rings is 1. The van der Waals surface area contributed by atoms with E-state index in [-0.39, 0.29) is 5.91 Å². The molecule has 0 unspecified atom stereocenters. The van der Waals surface area contributed by atoms with Crippen molar-refractivity contribution in [3.63, 3.8) is 0 Å². The third kappa shape index (κ3) is 3.75. The van der Waals surface area contributed by atoms with E-state index in [2.05, 4.69) is 10.2 Å². The van der Waals surface area contributed by atoms with E-state index in [4.69, 9.17) is 4.74 Å². The molecule has 1 aliphatic heterocycles. The van der Waals surface area contributed by atoms with Gasteiger partial charge < -0.3 is 9.64 Å². The molecule has 7 heteroatoms. The first kappa shape index (κ1) is 18.1. The van der Waals surface area contributed by atoms with Crippen LogP contribution in [-0.4, -0.2) is 41.2 Å². The van der Waals surface area contributed by atoms with Crippen molar-refractivity contribution in [2.24, 2.45) is 0 Å². The topological polar surface area (TPSA) is 55.3 Å². The van der Waals surface area contributed by atoms with Gasteiger partial charge in [0.2, 0.25) is 0 Å². The van der Waals surface area contributed by atoms with E-state index in [1.807, 2.05) is 47.5 Å². The highest BCUT2D eigenvalue weighted by Gasteiger charge is 2.27. The van der Waals surface area contributed by atoms with Crippen LogP contribution in [0.15, 0.2) is 35.7 Å². The zero-order valence-corrected chi connectivity index (χ0v) is 17.0. The number of methoxy groups -OCH3 is 1. The monoisotopic (exact) mass is 399 g/mol. The lowest BCUT2D eigenvalue weighted by atomic mass is 9.97. The molecule has 140 valence electrons. The summed E-state index contributed by atoms with van der Waals surface area (Å²) in [6.07, 6.45) is 1.85. The van der Waals surface area contributed by atoms with E-state index in [1.54, 1.807) is 18.4 Å². The number of carbonyl (C=O) groups excluding carboxylic acids is 1. The first-order valence-electron chi connectivity index (χ1n) is 8.97. The van der Waals surface area contributed by atoms with Gasteiger partial charge in [-0.25, -0.2) is 0 Å². The molecule has 1 saturated heterocycles. The maximum Gasteiger partial charge on any atom is 0.263 e. The van der Waals surface area contributed by atoms with Crippen molar-refractivity contribution in [2.45, 2.75) is 25.7 Å². The summed E-state index contributed by atoms with van der Waals surface area (Å²) in [6, 6.07) is 9.85. The second kappa shape index (κ2) is 7.78. The van der Waals surface area contributed by atoms with Gasteiger partial charge >= 0.3 is 0 Å². The second-order valence-electron chi connectivity index (χ2n) is 6.70. The Labute approximate surface area is 166 Å². The molecule has 4 rings (SSSR count). The average Bonchev–Trinajstić information content (AvgIpc) is 3.37. The number of thiophene rings is 1. The molecule has 2 aromatic heterocycles.